The van der Waals surface area contributed by atoms with Crippen LogP contribution in [0.4, 0.5) is 0 Å². The first-order chi connectivity index (χ1) is 10.0. The number of morpholine rings is 1. The molecular weight excluding hydrogens is 294 g/mol. The van der Waals surface area contributed by atoms with E-state index >= 15 is 0 Å². The van der Waals surface area contributed by atoms with Crippen LogP contribution in [0.2, 0.25) is 0 Å². The quantitative estimate of drug-likeness (QED) is 0.795. The van der Waals surface area contributed by atoms with Gasteiger partial charge in [-0.2, -0.15) is 4.31 Å². The fourth-order valence-electron chi connectivity index (χ4n) is 3.33. The number of aryl methyl sites for hydroxylation is 1. The molecule has 3 atom stereocenters. The SMILES string of the molecule is COCC1C[C@@H]2OCCN(S(=O)(=O)c3cn(C)cn3)[C@H]2C1. The molecule has 1 saturated heterocycles. The lowest BCUT2D eigenvalue weighted by molar-refractivity contribution is -0.0251. The van der Waals surface area contributed by atoms with Crippen molar-refractivity contribution >= 4 is 10.0 Å². The molecule has 1 aliphatic heterocycles. The van der Waals surface area contributed by atoms with Gasteiger partial charge in [-0.25, -0.2) is 13.4 Å². The molecule has 1 unspecified atom stereocenters. The summed E-state index contributed by atoms with van der Waals surface area (Å²) in [6.07, 6.45) is 4.66. The van der Waals surface area contributed by atoms with Crippen molar-refractivity contribution in [2.24, 2.45) is 13.0 Å². The van der Waals surface area contributed by atoms with Crippen LogP contribution < -0.4 is 0 Å². The van der Waals surface area contributed by atoms with Crippen LogP contribution in [0.5, 0.6) is 0 Å². The van der Waals surface area contributed by atoms with Crippen molar-refractivity contribution in [2.45, 2.75) is 30.0 Å². The van der Waals surface area contributed by atoms with Gasteiger partial charge in [0.05, 0.1) is 25.1 Å². The van der Waals surface area contributed by atoms with Crippen molar-refractivity contribution in [3.8, 4) is 0 Å². The van der Waals surface area contributed by atoms with Gasteiger partial charge in [0.2, 0.25) is 0 Å². The molecule has 3 rings (SSSR count). The normalized spacial score (nSPS) is 30.5. The zero-order valence-corrected chi connectivity index (χ0v) is 13.1. The fraction of sp³-hybridized carbons (Fsp3) is 0.769. The molecule has 1 aromatic heterocycles. The minimum Gasteiger partial charge on any atom is -0.384 e. The third-order valence-electron chi connectivity index (χ3n) is 4.24. The molecule has 0 aromatic carbocycles. The standard InChI is InChI=1S/C13H21N3O4S/c1-15-7-13(14-9-15)21(17,18)16-3-4-20-12-6-10(8-19-2)5-11(12)16/h7,9-12H,3-6,8H2,1-2H3/t10?,11-,12-/m0/s1. The molecule has 1 aromatic rings. The van der Waals surface area contributed by atoms with E-state index in [0.717, 1.165) is 12.8 Å². The fourth-order valence-corrected chi connectivity index (χ4v) is 4.94. The van der Waals surface area contributed by atoms with Crippen LogP contribution in [-0.2, 0) is 26.5 Å². The van der Waals surface area contributed by atoms with Crippen molar-refractivity contribution in [3.05, 3.63) is 12.5 Å². The number of sulfonamides is 1. The van der Waals surface area contributed by atoms with Gasteiger partial charge in [0.15, 0.2) is 5.03 Å². The molecule has 8 heteroatoms. The lowest BCUT2D eigenvalue weighted by atomic mass is 10.1. The van der Waals surface area contributed by atoms with Crippen LogP contribution in [0.15, 0.2) is 17.6 Å². The van der Waals surface area contributed by atoms with Crippen molar-refractivity contribution in [3.63, 3.8) is 0 Å². The number of aromatic nitrogens is 2. The zero-order chi connectivity index (χ0) is 15.0. The van der Waals surface area contributed by atoms with E-state index < -0.39 is 10.0 Å². The Kier molecular flexibility index (Phi) is 4.04. The van der Waals surface area contributed by atoms with Gasteiger partial charge in [0.25, 0.3) is 10.0 Å². The van der Waals surface area contributed by atoms with E-state index in [4.69, 9.17) is 9.47 Å². The van der Waals surface area contributed by atoms with E-state index in [-0.39, 0.29) is 17.2 Å². The second-order valence-corrected chi connectivity index (χ2v) is 7.60. The Bertz CT molecular complexity index is 600. The lowest BCUT2D eigenvalue weighted by Crippen LogP contribution is -2.51. The number of nitrogens with zero attached hydrogens (tertiary/aromatic N) is 3. The Hall–Kier alpha value is -0.960. The van der Waals surface area contributed by atoms with Crippen LogP contribution >= 0.6 is 0 Å². The van der Waals surface area contributed by atoms with Crippen molar-refractivity contribution in [1.82, 2.24) is 13.9 Å². The third-order valence-corrected chi connectivity index (χ3v) is 6.05. The molecule has 21 heavy (non-hydrogen) atoms. The van der Waals surface area contributed by atoms with Gasteiger partial charge in [-0.3, -0.25) is 0 Å². The minimum absolute atomic E-state index is 0.0302. The van der Waals surface area contributed by atoms with E-state index in [2.05, 4.69) is 4.98 Å². The molecule has 2 aliphatic rings. The van der Waals surface area contributed by atoms with Crippen LogP contribution in [0.3, 0.4) is 0 Å². The number of ether oxygens (including phenoxy) is 2. The maximum atomic E-state index is 12.8. The second kappa shape index (κ2) is 5.68. The first-order valence-corrected chi connectivity index (χ1v) is 8.56. The van der Waals surface area contributed by atoms with Gasteiger partial charge in [0, 0.05) is 33.5 Å². The molecule has 1 aliphatic carbocycles. The maximum absolute atomic E-state index is 12.8. The van der Waals surface area contributed by atoms with Gasteiger partial charge in [0.1, 0.15) is 0 Å². The largest absolute Gasteiger partial charge is 0.384 e. The van der Waals surface area contributed by atoms with Gasteiger partial charge in [-0.15, -0.1) is 0 Å². The molecule has 1 saturated carbocycles. The topological polar surface area (TPSA) is 73.7 Å². The minimum atomic E-state index is -3.55. The summed E-state index contributed by atoms with van der Waals surface area (Å²) < 4.78 is 39.7. The molecule has 0 amide bonds. The monoisotopic (exact) mass is 315 g/mol. The molecule has 7 nitrogen and oxygen atoms in total. The Morgan fingerprint density at radius 1 is 1.48 bits per heavy atom. The predicted molar refractivity (Wildman–Crippen MR) is 75.2 cm³/mol. The molecule has 0 N–H and O–H groups in total. The summed E-state index contributed by atoms with van der Waals surface area (Å²) in [7, 11) is -0.119. The molecule has 0 bridgehead atoms. The molecule has 118 valence electrons. The highest BCUT2D eigenvalue weighted by molar-refractivity contribution is 7.89. The number of rotatable bonds is 4. The van der Waals surface area contributed by atoms with Crippen molar-refractivity contribution in [2.75, 3.05) is 26.9 Å². The summed E-state index contributed by atoms with van der Waals surface area (Å²) in [5, 5.41) is 0.112. The maximum Gasteiger partial charge on any atom is 0.262 e. The first kappa shape index (κ1) is 15.0. The smallest absolute Gasteiger partial charge is 0.262 e. The Labute approximate surface area is 124 Å². The number of imidazole rings is 1. The van der Waals surface area contributed by atoms with Crippen LogP contribution in [0.25, 0.3) is 0 Å². The summed E-state index contributed by atoms with van der Waals surface area (Å²) >= 11 is 0. The third kappa shape index (κ3) is 2.73. The van der Waals surface area contributed by atoms with Crippen LogP contribution in [0.1, 0.15) is 12.8 Å². The summed E-state index contributed by atoms with van der Waals surface area (Å²) in [6, 6.07) is -0.106. The Morgan fingerprint density at radius 2 is 2.29 bits per heavy atom. The van der Waals surface area contributed by atoms with Gasteiger partial charge in [-0.1, -0.05) is 0 Å². The number of hydrogen-bond donors (Lipinski definition) is 0. The highest BCUT2D eigenvalue weighted by atomic mass is 32.2. The molecule has 2 heterocycles. The second-order valence-electron chi connectivity index (χ2n) is 5.76. The summed E-state index contributed by atoms with van der Waals surface area (Å²) in [4.78, 5) is 4.00. The average molecular weight is 315 g/mol. The highest BCUT2D eigenvalue weighted by Crippen LogP contribution is 2.36. The molecule has 0 spiro atoms. The zero-order valence-electron chi connectivity index (χ0n) is 12.3. The highest BCUT2D eigenvalue weighted by Gasteiger charge is 2.46. The van der Waals surface area contributed by atoms with Crippen molar-refractivity contribution in [1.29, 1.82) is 0 Å². The van der Waals surface area contributed by atoms with Crippen molar-refractivity contribution < 1.29 is 17.9 Å². The molecule has 2 fully saturated rings. The number of hydrogen-bond acceptors (Lipinski definition) is 5. The van der Waals surface area contributed by atoms with E-state index in [1.165, 1.54) is 6.33 Å². The average Bonchev–Trinajstić information content (AvgIpc) is 3.04. The summed E-state index contributed by atoms with van der Waals surface area (Å²) in [6.45, 7) is 1.47. The summed E-state index contributed by atoms with van der Waals surface area (Å²) in [5.41, 5.74) is 0. The van der Waals surface area contributed by atoms with E-state index in [0.29, 0.717) is 25.7 Å². The summed E-state index contributed by atoms with van der Waals surface area (Å²) in [5.74, 6) is 0.351. The van der Waals surface area contributed by atoms with Crippen LogP contribution in [0, 0.1) is 5.92 Å². The molecular formula is C13H21N3O4S. The van der Waals surface area contributed by atoms with E-state index in [1.807, 2.05) is 0 Å². The van der Waals surface area contributed by atoms with Gasteiger partial charge < -0.3 is 14.0 Å². The van der Waals surface area contributed by atoms with Crippen LogP contribution in [-0.4, -0.2) is 61.3 Å². The molecule has 0 radical (unpaired) electrons. The lowest BCUT2D eigenvalue weighted by Gasteiger charge is -2.35. The predicted octanol–water partition coefficient (Wildman–Crippen LogP) is 0.235. The Balaban J connectivity index is 1.84. The van der Waals surface area contributed by atoms with Gasteiger partial charge in [-0.05, 0) is 18.8 Å². The van der Waals surface area contributed by atoms with E-state index in [9.17, 15) is 8.42 Å². The van der Waals surface area contributed by atoms with Gasteiger partial charge >= 0.3 is 0 Å². The van der Waals surface area contributed by atoms with E-state index in [1.54, 1.807) is 29.2 Å². The Morgan fingerprint density at radius 3 is 2.95 bits per heavy atom. The first-order valence-electron chi connectivity index (χ1n) is 7.12. The number of methoxy groups -OCH3 is 1. The number of fused-ring (bicyclic) bond motifs is 1.